The maximum atomic E-state index is 12.0. The second-order valence-corrected chi connectivity index (χ2v) is 4.95. The molecule has 0 atom stereocenters. The number of nitrogens with zero attached hydrogens (tertiary/aromatic N) is 2. The number of amides is 1. The second kappa shape index (κ2) is 6.69. The van der Waals surface area contributed by atoms with Crippen molar-refractivity contribution in [3.05, 3.63) is 69.3 Å². The highest BCUT2D eigenvalue weighted by Gasteiger charge is 2.14. The van der Waals surface area contributed by atoms with Gasteiger partial charge >= 0.3 is 0 Å². The summed E-state index contributed by atoms with van der Waals surface area (Å²) in [5.41, 5.74) is 4.00. The van der Waals surface area contributed by atoms with Crippen molar-refractivity contribution in [2.24, 2.45) is 5.10 Å². The lowest BCUT2D eigenvalue weighted by Crippen LogP contribution is -2.19. The minimum Gasteiger partial charge on any atom is -0.508 e. The molecular weight excluding hydrogens is 298 g/mol. The van der Waals surface area contributed by atoms with Crippen molar-refractivity contribution in [2.75, 3.05) is 0 Å². The molecule has 0 fully saturated rings. The molecule has 0 saturated heterocycles. The number of aryl methyl sites for hydroxylation is 1. The number of hydrogen-bond acceptors (Lipinski definition) is 5. The van der Waals surface area contributed by atoms with Crippen LogP contribution < -0.4 is 5.43 Å². The van der Waals surface area contributed by atoms with E-state index in [2.05, 4.69) is 10.5 Å². The van der Waals surface area contributed by atoms with Gasteiger partial charge in [-0.15, -0.1) is 0 Å². The summed E-state index contributed by atoms with van der Waals surface area (Å²) in [4.78, 5) is 22.4. The predicted octanol–water partition coefficient (Wildman–Crippen LogP) is 2.76. The molecule has 23 heavy (non-hydrogen) atoms. The van der Waals surface area contributed by atoms with Gasteiger partial charge in [-0.3, -0.25) is 14.9 Å². The van der Waals surface area contributed by atoms with E-state index < -0.39 is 10.8 Å². The van der Waals surface area contributed by atoms with Crippen LogP contribution in [0.3, 0.4) is 0 Å². The van der Waals surface area contributed by atoms with Crippen LogP contribution in [-0.4, -0.2) is 21.6 Å². The molecule has 1 amide bonds. The van der Waals surface area contributed by atoms with Crippen LogP contribution in [0.2, 0.25) is 0 Å². The number of hydrogen-bond donors (Lipinski definition) is 2. The van der Waals surface area contributed by atoms with Gasteiger partial charge in [-0.25, -0.2) is 5.43 Å². The van der Waals surface area contributed by atoms with Crippen molar-refractivity contribution >= 4 is 17.3 Å². The lowest BCUT2D eigenvalue weighted by atomic mass is 10.1. The summed E-state index contributed by atoms with van der Waals surface area (Å²) in [5, 5.41) is 24.3. The van der Waals surface area contributed by atoms with Gasteiger partial charge in [0.2, 0.25) is 0 Å². The van der Waals surface area contributed by atoms with Gasteiger partial charge in [0.1, 0.15) is 5.75 Å². The van der Waals surface area contributed by atoms with Gasteiger partial charge in [-0.1, -0.05) is 18.2 Å². The number of phenols is 1. The summed E-state index contributed by atoms with van der Waals surface area (Å²) in [7, 11) is 0. The fourth-order valence-corrected chi connectivity index (χ4v) is 1.94. The van der Waals surface area contributed by atoms with Crippen molar-refractivity contribution in [1.29, 1.82) is 0 Å². The van der Waals surface area contributed by atoms with Gasteiger partial charge in [0.05, 0.1) is 10.6 Å². The molecule has 2 aromatic rings. The minimum absolute atomic E-state index is 0.0949. The summed E-state index contributed by atoms with van der Waals surface area (Å²) < 4.78 is 0. The molecule has 0 aliphatic carbocycles. The Bertz CT molecular complexity index is 800. The first-order valence-electron chi connectivity index (χ1n) is 6.77. The van der Waals surface area contributed by atoms with Crippen molar-refractivity contribution in [3.8, 4) is 5.75 Å². The molecule has 0 bridgehead atoms. The quantitative estimate of drug-likeness (QED) is 0.514. The molecule has 0 aromatic heterocycles. The van der Waals surface area contributed by atoms with Crippen LogP contribution in [0.1, 0.15) is 28.4 Å². The zero-order valence-electron chi connectivity index (χ0n) is 12.6. The number of nitrogens with one attached hydrogen (secondary N) is 1. The number of aromatic hydroxyl groups is 1. The maximum absolute atomic E-state index is 12.0. The number of hydrazone groups is 1. The number of nitro benzene ring substituents is 1. The Kier molecular flexibility index (Phi) is 4.70. The Morgan fingerprint density at radius 2 is 1.96 bits per heavy atom. The van der Waals surface area contributed by atoms with Crippen molar-refractivity contribution < 1.29 is 14.8 Å². The highest BCUT2D eigenvalue weighted by molar-refractivity contribution is 6.01. The van der Waals surface area contributed by atoms with Crippen molar-refractivity contribution in [2.45, 2.75) is 13.8 Å². The molecule has 118 valence electrons. The Labute approximate surface area is 132 Å². The zero-order valence-corrected chi connectivity index (χ0v) is 12.6. The standard InChI is InChI=1S/C16H15N3O4/c1-10-6-7-13(9-15(10)19(22)23)16(21)18-17-11(2)12-4-3-5-14(20)8-12/h3-9,20H,1-2H3,(H,18,21). The predicted molar refractivity (Wildman–Crippen MR) is 85.6 cm³/mol. The summed E-state index contributed by atoms with van der Waals surface area (Å²) in [6.45, 7) is 3.27. The van der Waals surface area contributed by atoms with E-state index in [1.807, 2.05) is 0 Å². The van der Waals surface area contributed by atoms with Gasteiger partial charge in [0.25, 0.3) is 11.6 Å². The van der Waals surface area contributed by atoms with E-state index in [9.17, 15) is 20.0 Å². The van der Waals surface area contributed by atoms with E-state index in [1.54, 1.807) is 26.0 Å². The molecule has 0 aliphatic rings. The first-order chi connectivity index (χ1) is 10.9. The number of rotatable bonds is 4. The number of phenolic OH excluding ortho intramolecular Hbond substituents is 1. The van der Waals surface area contributed by atoms with E-state index >= 15 is 0 Å². The highest BCUT2D eigenvalue weighted by Crippen LogP contribution is 2.19. The number of benzene rings is 2. The summed E-state index contributed by atoms with van der Waals surface area (Å²) in [6.07, 6.45) is 0. The van der Waals surface area contributed by atoms with Crippen molar-refractivity contribution in [1.82, 2.24) is 5.43 Å². The molecule has 0 saturated carbocycles. The number of carbonyl (C=O) groups is 1. The maximum Gasteiger partial charge on any atom is 0.273 e. The monoisotopic (exact) mass is 313 g/mol. The number of carbonyl (C=O) groups excluding carboxylic acids is 1. The third-order valence-electron chi connectivity index (χ3n) is 3.26. The van der Waals surface area contributed by atoms with Crippen LogP contribution in [0.15, 0.2) is 47.6 Å². The van der Waals surface area contributed by atoms with Crippen molar-refractivity contribution in [3.63, 3.8) is 0 Å². The Morgan fingerprint density at radius 3 is 2.61 bits per heavy atom. The van der Waals surface area contributed by atoms with Crippen LogP contribution in [0.5, 0.6) is 5.75 Å². The normalized spacial score (nSPS) is 11.1. The minimum atomic E-state index is -0.549. The highest BCUT2D eigenvalue weighted by atomic mass is 16.6. The van der Waals surface area contributed by atoms with E-state index in [4.69, 9.17) is 0 Å². The first kappa shape index (κ1) is 16.2. The Hall–Kier alpha value is -3.22. The third kappa shape index (κ3) is 3.91. The molecule has 0 radical (unpaired) electrons. The SMILES string of the molecule is CC(=NNC(=O)c1ccc(C)c([N+](=O)[O-])c1)c1cccc(O)c1. The molecule has 0 heterocycles. The summed E-state index contributed by atoms with van der Waals surface area (Å²) >= 11 is 0. The zero-order chi connectivity index (χ0) is 17.0. The molecule has 2 rings (SSSR count). The van der Waals surface area contributed by atoms with Crippen LogP contribution >= 0.6 is 0 Å². The molecule has 0 unspecified atom stereocenters. The topological polar surface area (TPSA) is 105 Å². The van der Waals surface area contributed by atoms with Crippen LogP contribution in [-0.2, 0) is 0 Å². The van der Waals surface area contributed by atoms with Crippen LogP contribution in [0.4, 0.5) is 5.69 Å². The summed E-state index contributed by atoms with van der Waals surface area (Å²) in [5.74, 6) is -0.454. The molecule has 7 heteroatoms. The van der Waals surface area contributed by atoms with Gasteiger partial charge in [-0.2, -0.15) is 5.10 Å². The molecule has 0 aliphatic heterocycles. The summed E-state index contributed by atoms with van der Waals surface area (Å²) in [6, 6.07) is 10.7. The molecule has 0 spiro atoms. The van der Waals surface area contributed by atoms with Gasteiger partial charge in [0, 0.05) is 22.8 Å². The average Bonchev–Trinajstić information content (AvgIpc) is 2.52. The fourth-order valence-electron chi connectivity index (χ4n) is 1.94. The number of nitro groups is 1. The molecular formula is C16H15N3O4. The lowest BCUT2D eigenvalue weighted by Gasteiger charge is -2.04. The Morgan fingerprint density at radius 1 is 1.22 bits per heavy atom. The Balaban J connectivity index is 2.18. The van der Waals surface area contributed by atoms with Crippen LogP contribution in [0.25, 0.3) is 0 Å². The fraction of sp³-hybridized carbons (Fsp3) is 0.125. The van der Waals surface area contributed by atoms with Gasteiger partial charge in [-0.05, 0) is 32.0 Å². The van der Waals surface area contributed by atoms with Gasteiger partial charge in [0.15, 0.2) is 0 Å². The smallest absolute Gasteiger partial charge is 0.273 e. The molecule has 2 N–H and O–H groups in total. The largest absolute Gasteiger partial charge is 0.508 e. The van der Waals surface area contributed by atoms with E-state index in [-0.39, 0.29) is 17.0 Å². The van der Waals surface area contributed by atoms with E-state index in [1.165, 1.54) is 30.3 Å². The third-order valence-corrected chi connectivity index (χ3v) is 3.26. The lowest BCUT2D eigenvalue weighted by molar-refractivity contribution is -0.385. The van der Waals surface area contributed by atoms with Crippen LogP contribution in [0, 0.1) is 17.0 Å². The van der Waals surface area contributed by atoms with E-state index in [0.717, 1.165) is 0 Å². The van der Waals surface area contributed by atoms with E-state index in [0.29, 0.717) is 16.8 Å². The first-order valence-corrected chi connectivity index (χ1v) is 6.77. The molecule has 2 aromatic carbocycles. The average molecular weight is 313 g/mol. The second-order valence-electron chi connectivity index (χ2n) is 4.95. The van der Waals surface area contributed by atoms with Gasteiger partial charge < -0.3 is 5.11 Å². The molecule has 7 nitrogen and oxygen atoms in total.